The summed E-state index contributed by atoms with van der Waals surface area (Å²) >= 11 is 5.89. The topological polar surface area (TPSA) is 96.3 Å². The van der Waals surface area contributed by atoms with E-state index in [2.05, 4.69) is 20.3 Å². The van der Waals surface area contributed by atoms with E-state index >= 15 is 0 Å². The molecule has 0 saturated heterocycles. The third-order valence-electron chi connectivity index (χ3n) is 3.97. The Balaban J connectivity index is 1.52. The van der Waals surface area contributed by atoms with Crippen molar-refractivity contribution >= 4 is 11.6 Å². The van der Waals surface area contributed by atoms with Crippen LogP contribution in [-0.4, -0.2) is 34.6 Å². The number of methoxy groups -OCH3 is 2. The summed E-state index contributed by atoms with van der Waals surface area (Å²) in [5.41, 5.74) is 1.51. The van der Waals surface area contributed by atoms with Crippen molar-refractivity contribution in [2.75, 3.05) is 14.2 Å². The minimum Gasteiger partial charge on any atom is -0.493 e. The molecule has 0 radical (unpaired) electrons. The van der Waals surface area contributed by atoms with Crippen LogP contribution in [0.2, 0.25) is 5.02 Å². The van der Waals surface area contributed by atoms with Crippen LogP contribution in [0.4, 0.5) is 0 Å². The molecule has 0 amide bonds. The van der Waals surface area contributed by atoms with Crippen LogP contribution in [0.3, 0.4) is 0 Å². The highest BCUT2D eigenvalue weighted by Crippen LogP contribution is 2.31. The summed E-state index contributed by atoms with van der Waals surface area (Å²) < 4.78 is 21.5. The Labute approximate surface area is 165 Å². The third-order valence-corrected chi connectivity index (χ3v) is 4.22. The van der Waals surface area contributed by atoms with Crippen molar-refractivity contribution in [3.8, 4) is 34.3 Å². The fourth-order valence-electron chi connectivity index (χ4n) is 2.58. The van der Waals surface area contributed by atoms with Gasteiger partial charge in [-0.05, 0) is 42.5 Å². The highest BCUT2D eigenvalue weighted by atomic mass is 35.5. The maximum atomic E-state index is 5.89. The molecule has 0 fully saturated rings. The second kappa shape index (κ2) is 7.69. The van der Waals surface area contributed by atoms with Gasteiger partial charge in [0.05, 0.1) is 14.2 Å². The van der Waals surface area contributed by atoms with E-state index in [9.17, 15) is 0 Å². The Morgan fingerprint density at radius 3 is 2.39 bits per heavy atom. The summed E-state index contributed by atoms with van der Waals surface area (Å²) in [5, 5.41) is 12.7. The Morgan fingerprint density at radius 1 is 0.893 bits per heavy atom. The first-order chi connectivity index (χ1) is 13.7. The van der Waals surface area contributed by atoms with Crippen LogP contribution in [0.25, 0.3) is 22.8 Å². The standard InChI is InChI=1S/C19H15ClN4O4/c1-25-14-8-5-12(9-15(14)26-2)19-23-22-17(27-19)10-16-21-18(24-28-16)11-3-6-13(20)7-4-11/h3-9H,10H2,1-2H3. The number of aromatic nitrogens is 4. The summed E-state index contributed by atoms with van der Waals surface area (Å²) in [7, 11) is 3.14. The quantitative estimate of drug-likeness (QED) is 0.480. The van der Waals surface area contributed by atoms with Gasteiger partial charge in [-0.2, -0.15) is 4.98 Å². The van der Waals surface area contributed by atoms with E-state index in [0.717, 1.165) is 5.56 Å². The van der Waals surface area contributed by atoms with Gasteiger partial charge in [-0.1, -0.05) is 16.8 Å². The fourth-order valence-corrected chi connectivity index (χ4v) is 2.71. The van der Waals surface area contributed by atoms with Gasteiger partial charge in [0.25, 0.3) is 0 Å². The molecule has 0 saturated carbocycles. The lowest BCUT2D eigenvalue weighted by molar-refractivity contribution is 0.355. The normalized spacial score (nSPS) is 10.8. The van der Waals surface area contributed by atoms with Crippen LogP contribution < -0.4 is 9.47 Å². The monoisotopic (exact) mass is 398 g/mol. The van der Waals surface area contributed by atoms with E-state index in [1.54, 1.807) is 38.5 Å². The average molecular weight is 399 g/mol. The molecule has 0 unspecified atom stereocenters. The Morgan fingerprint density at radius 2 is 1.64 bits per heavy atom. The fraction of sp³-hybridized carbons (Fsp3) is 0.158. The number of hydrogen-bond acceptors (Lipinski definition) is 8. The molecule has 8 nitrogen and oxygen atoms in total. The average Bonchev–Trinajstić information content (AvgIpc) is 3.38. The van der Waals surface area contributed by atoms with Gasteiger partial charge in [-0.25, -0.2) is 0 Å². The molecule has 0 bridgehead atoms. The zero-order valence-electron chi connectivity index (χ0n) is 15.0. The second-order valence-electron chi connectivity index (χ2n) is 5.77. The predicted molar refractivity (Wildman–Crippen MR) is 100 cm³/mol. The van der Waals surface area contributed by atoms with Gasteiger partial charge in [0.15, 0.2) is 11.5 Å². The van der Waals surface area contributed by atoms with E-state index in [1.165, 1.54) is 0 Å². The van der Waals surface area contributed by atoms with Crippen LogP contribution in [-0.2, 0) is 6.42 Å². The Kier molecular flexibility index (Phi) is 4.94. The zero-order chi connectivity index (χ0) is 19.5. The van der Waals surface area contributed by atoms with E-state index < -0.39 is 0 Å². The van der Waals surface area contributed by atoms with Gasteiger partial charge < -0.3 is 18.4 Å². The van der Waals surface area contributed by atoms with E-state index in [-0.39, 0.29) is 6.42 Å². The molecule has 0 aliphatic carbocycles. The Bertz CT molecular complexity index is 1090. The highest BCUT2D eigenvalue weighted by Gasteiger charge is 2.16. The molecule has 4 rings (SSSR count). The van der Waals surface area contributed by atoms with Crippen molar-refractivity contribution in [1.29, 1.82) is 0 Å². The van der Waals surface area contributed by atoms with E-state index in [0.29, 0.717) is 45.6 Å². The molecule has 9 heteroatoms. The van der Waals surface area contributed by atoms with Gasteiger partial charge in [-0.15, -0.1) is 10.2 Å². The van der Waals surface area contributed by atoms with Crippen LogP contribution in [0.15, 0.2) is 51.4 Å². The number of nitrogens with zero attached hydrogens (tertiary/aromatic N) is 4. The molecule has 0 atom stereocenters. The molecule has 4 aromatic rings. The minimum atomic E-state index is 0.223. The molecule has 2 aromatic carbocycles. The highest BCUT2D eigenvalue weighted by molar-refractivity contribution is 6.30. The molecule has 0 aliphatic rings. The largest absolute Gasteiger partial charge is 0.493 e. The first-order valence-corrected chi connectivity index (χ1v) is 8.67. The number of halogens is 1. The molecule has 28 heavy (non-hydrogen) atoms. The van der Waals surface area contributed by atoms with Crippen molar-refractivity contribution in [2.45, 2.75) is 6.42 Å². The molecule has 2 aromatic heterocycles. The van der Waals surface area contributed by atoms with Crippen molar-refractivity contribution in [2.24, 2.45) is 0 Å². The van der Waals surface area contributed by atoms with Gasteiger partial charge >= 0.3 is 0 Å². The third kappa shape index (κ3) is 3.67. The zero-order valence-corrected chi connectivity index (χ0v) is 15.8. The van der Waals surface area contributed by atoms with Gasteiger partial charge in [-0.3, -0.25) is 0 Å². The SMILES string of the molecule is COc1ccc(-c2nnc(Cc3nc(-c4ccc(Cl)cc4)no3)o2)cc1OC. The Hall–Kier alpha value is -3.39. The van der Waals surface area contributed by atoms with Gasteiger partial charge in [0.1, 0.15) is 6.42 Å². The minimum absolute atomic E-state index is 0.223. The first kappa shape index (κ1) is 18.0. The smallest absolute Gasteiger partial charge is 0.247 e. The van der Waals surface area contributed by atoms with Crippen LogP contribution >= 0.6 is 11.6 Å². The van der Waals surface area contributed by atoms with Crippen LogP contribution in [0.5, 0.6) is 11.5 Å². The van der Waals surface area contributed by atoms with Gasteiger partial charge in [0, 0.05) is 16.1 Å². The van der Waals surface area contributed by atoms with Crippen LogP contribution in [0, 0.1) is 0 Å². The summed E-state index contributed by atoms with van der Waals surface area (Å²) in [4.78, 5) is 4.35. The van der Waals surface area contributed by atoms with Crippen molar-refractivity contribution in [3.63, 3.8) is 0 Å². The van der Waals surface area contributed by atoms with Crippen molar-refractivity contribution in [3.05, 3.63) is 59.3 Å². The lowest BCUT2D eigenvalue weighted by Gasteiger charge is -2.07. The summed E-state index contributed by atoms with van der Waals surface area (Å²) in [5.74, 6) is 2.74. The van der Waals surface area contributed by atoms with Crippen LogP contribution in [0.1, 0.15) is 11.8 Å². The lowest BCUT2D eigenvalue weighted by Crippen LogP contribution is -1.90. The van der Waals surface area contributed by atoms with E-state index in [1.807, 2.05) is 18.2 Å². The summed E-state index contributed by atoms with van der Waals surface area (Å²) in [6, 6.07) is 12.5. The first-order valence-electron chi connectivity index (χ1n) is 8.29. The molecular formula is C19H15ClN4O4. The maximum Gasteiger partial charge on any atom is 0.247 e. The predicted octanol–water partition coefficient (Wildman–Crippen LogP) is 4.05. The summed E-state index contributed by atoms with van der Waals surface area (Å²) in [6.07, 6.45) is 0.223. The summed E-state index contributed by atoms with van der Waals surface area (Å²) in [6.45, 7) is 0. The number of ether oxygens (including phenoxy) is 2. The van der Waals surface area contributed by atoms with Crippen molar-refractivity contribution in [1.82, 2.24) is 20.3 Å². The number of benzene rings is 2. The second-order valence-corrected chi connectivity index (χ2v) is 6.20. The number of rotatable bonds is 6. The lowest BCUT2D eigenvalue weighted by atomic mass is 10.2. The molecule has 0 N–H and O–H groups in total. The molecule has 142 valence electrons. The number of hydrogen-bond donors (Lipinski definition) is 0. The van der Waals surface area contributed by atoms with Gasteiger partial charge in [0.2, 0.25) is 23.5 Å². The molecular weight excluding hydrogens is 384 g/mol. The van der Waals surface area contributed by atoms with E-state index in [4.69, 9.17) is 30.0 Å². The molecule has 2 heterocycles. The molecule has 0 aliphatic heterocycles. The van der Waals surface area contributed by atoms with Crippen molar-refractivity contribution < 1.29 is 18.4 Å². The maximum absolute atomic E-state index is 5.89. The molecule has 0 spiro atoms.